The molecule has 0 aromatic heterocycles. The highest BCUT2D eigenvalue weighted by Crippen LogP contribution is 2.23. The summed E-state index contributed by atoms with van der Waals surface area (Å²) in [6.07, 6.45) is 4.84. The summed E-state index contributed by atoms with van der Waals surface area (Å²) in [6.45, 7) is 0. The maximum Gasteiger partial charge on any atom is 0.163 e. The first-order valence-corrected chi connectivity index (χ1v) is 7.54. The zero-order valence-electron chi connectivity index (χ0n) is 12.4. The number of hydrogen-bond donors (Lipinski definition) is 0. The molecule has 2 nitrogen and oxygen atoms in total. The van der Waals surface area contributed by atoms with Gasteiger partial charge in [0, 0.05) is 12.0 Å². The van der Waals surface area contributed by atoms with E-state index in [1.165, 1.54) is 23.1 Å². The van der Waals surface area contributed by atoms with E-state index in [-0.39, 0.29) is 5.78 Å². The van der Waals surface area contributed by atoms with Crippen molar-refractivity contribution in [1.29, 1.82) is 0 Å². The molecule has 2 heteroatoms. The molecule has 0 fully saturated rings. The van der Waals surface area contributed by atoms with Crippen LogP contribution in [0, 0.1) is 0 Å². The molecule has 0 atom stereocenters. The predicted octanol–water partition coefficient (Wildman–Crippen LogP) is 4.00. The van der Waals surface area contributed by atoms with Gasteiger partial charge in [0.2, 0.25) is 0 Å². The molecule has 0 radical (unpaired) electrons. The lowest BCUT2D eigenvalue weighted by Crippen LogP contribution is -2.02. The van der Waals surface area contributed by atoms with E-state index >= 15 is 0 Å². The second kappa shape index (κ2) is 6.13. The lowest BCUT2D eigenvalue weighted by atomic mass is 9.99. The third-order valence-electron chi connectivity index (χ3n) is 4.22. The van der Waals surface area contributed by atoms with Crippen LogP contribution in [0.4, 0.5) is 0 Å². The van der Waals surface area contributed by atoms with Gasteiger partial charge in [0.05, 0.1) is 7.11 Å². The highest BCUT2D eigenvalue weighted by Gasteiger charge is 2.13. The number of methoxy groups -OCH3 is 1. The highest BCUT2D eigenvalue weighted by molar-refractivity contribution is 5.96. The number of ketones is 1. The Balaban J connectivity index is 1.63. The van der Waals surface area contributed by atoms with Crippen LogP contribution in [0.1, 0.15) is 39.9 Å². The standard InChI is InChI=1S/C19H20O2/c1-21-18-10-5-14(6-11-18)7-12-19(20)17-9-8-15-3-2-4-16(15)13-17/h5-6,8-11,13H,2-4,7,12H2,1H3. The minimum absolute atomic E-state index is 0.237. The monoisotopic (exact) mass is 280 g/mol. The zero-order valence-corrected chi connectivity index (χ0v) is 12.4. The number of Topliss-reactive ketones (excluding diaryl/α,β-unsaturated/α-hetero) is 1. The van der Waals surface area contributed by atoms with Crippen LogP contribution in [-0.2, 0) is 19.3 Å². The summed E-state index contributed by atoms with van der Waals surface area (Å²) in [4.78, 5) is 12.3. The van der Waals surface area contributed by atoms with Crippen LogP contribution in [0.25, 0.3) is 0 Å². The lowest BCUT2D eigenvalue weighted by Gasteiger charge is -2.05. The van der Waals surface area contributed by atoms with Crippen molar-refractivity contribution >= 4 is 5.78 Å². The number of rotatable bonds is 5. The molecule has 2 aromatic rings. The molecule has 21 heavy (non-hydrogen) atoms. The first-order chi connectivity index (χ1) is 10.3. The van der Waals surface area contributed by atoms with Gasteiger partial charge in [0.25, 0.3) is 0 Å². The molecule has 0 heterocycles. The fourth-order valence-corrected chi connectivity index (χ4v) is 2.94. The van der Waals surface area contributed by atoms with E-state index in [0.717, 1.165) is 30.6 Å². The predicted molar refractivity (Wildman–Crippen MR) is 84.1 cm³/mol. The number of carbonyl (C=O) groups is 1. The Bertz CT molecular complexity index is 641. The van der Waals surface area contributed by atoms with Gasteiger partial charge < -0.3 is 4.74 Å². The molecule has 0 amide bonds. The van der Waals surface area contributed by atoms with E-state index in [9.17, 15) is 4.79 Å². The summed E-state index contributed by atoms with van der Waals surface area (Å²) >= 11 is 0. The minimum atomic E-state index is 0.237. The van der Waals surface area contributed by atoms with Crippen molar-refractivity contribution < 1.29 is 9.53 Å². The molecule has 0 bridgehead atoms. The van der Waals surface area contributed by atoms with E-state index in [4.69, 9.17) is 4.74 Å². The van der Waals surface area contributed by atoms with E-state index in [1.54, 1.807) is 7.11 Å². The van der Waals surface area contributed by atoms with E-state index in [2.05, 4.69) is 12.1 Å². The number of benzene rings is 2. The van der Waals surface area contributed by atoms with Crippen LogP contribution in [0.3, 0.4) is 0 Å². The number of fused-ring (bicyclic) bond motifs is 1. The van der Waals surface area contributed by atoms with Crippen LogP contribution in [-0.4, -0.2) is 12.9 Å². The van der Waals surface area contributed by atoms with Gasteiger partial charge in [-0.3, -0.25) is 4.79 Å². The van der Waals surface area contributed by atoms with Gasteiger partial charge in [-0.25, -0.2) is 0 Å². The van der Waals surface area contributed by atoms with Crippen molar-refractivity contribution in [2.75, 3.05) is 7.11 Å². The van der Waals surface area contributed by atoms with Crippen molar-refractivity contribution in [3.8, 4) is 5.75 Å². The summed E-state index contributed by atoms with van der Waals surface area (Å²) in [5, 5.41) is 0. The van der Waals surface area contributed by atoms with E-state index in [1.807, 2.05) is 30.3 Å². The van der Waals surface area contributed by atoms with E-state index in [0.29, 0.717) is 6.42 Å². The summed E-state index contributed by atoms with van der Waals surface area (Å²) in [5.74, 6) is 1.09. The number of aryl methyl sites for hydroxylation is 3. The topological polar surface area (TPSA) is 26.3 Å². The van der Waals surface area contributed by atoms with Crippen molar-refractivity contribution in [3.63, 3.8) is 0 Å². The van der Waals surface area contributed by atoms with Crippen LogP contribution < -0.4 is 4.74 Å². The summed E-state index contributed by atoms with van der Waals surface area (Å²) in [6, 6.07) is 14.1. The molecule has 0 unspecified atom stereocenters. The second-order valence-corrected chi connectivity index (χ2v) is 5.61. The Morgan fingerprint density at radius 1 is 1.05 bits per heavy atom. The van der Waals surface area contributed by atoms with Gasteiger partial charge in [-0.15, -0.1) is 0 Å². The van der Waals surface area contributed by atoms with Gasteiger partial charge in [-0.05, 0) is 60.6 Å². The molecule has 0 saturated carbocycles. The van der Waals surface area contributed by atoms with Gasteiger partial charge in [-0.2, -0.15) is 0 Å². The zero-order chi connectivity index (χ0) is 14.7. The maximum atomic E-state index is 12.3. The maximum absolute atomic E-state index is 12.3. The molecule has 0 aliphatic heterocycles. The van der Waals surface area contributed by atoms with Gasteiger partial charge in [0.15, 0.2) is 5.78 Å². The van der Waals surface area contributed by atoms with Gasteiger partial charge in [-0.1, -0.05) is 24.3 Å². The molecule has 2 aromatic carbocycles. The Morgan fingerprint density at radius 2 is 1.81 bits per heavy atom. The second-order valence-electron chi connectivity index (χ2n) is 5.61. The average molecular weight is 280 g/mol. The molecular weight excluding hydrogens is 260 g/mol. The molecule has 0 spiro atoms. The quantitative estimate of drug-likeness (QED) is 0.774. The van der Waals surface area contributed by atoms with Crippen molar-refractivity contribution in [3.05, 3.63) is 64.7 Å². The van der Waals surface area contributed by atoms with E-state index < -0.39 is 0 Å². The smallest absolute Gasteiger partial charge is 0.163 e. The van der Waals surface area contributed by atoms with Crippen LogP contribution in [0.2, 0.25) is 0 Å². The van der Waals surface area contributed by atoms with Gasteiger partial charge >= 0.3 is 0 Å². The highest BCUT2D eigenvalue weighted by atomic mass is 16.5. The Kier molecular flexibility index (Phi) is 4.05. The Labute approximate surface area is 125 Å². The minimum Gasteiger partial charge on any atom is -0.497 e. The molecular formula is C19H20O2. The Hall–Kier alpha value is -2.09. The van der Waals surface area contributed by atoms with Gasteiger partial charge in [0.1, 0.15) is 5.75 Å². The molecule has 1 aliphatic rings. The SMILES string of the molecule is COc1ccc(CCC(=O)c2ccc3c(c2)CCC3)cc1. The van der Waals surface area contributed by atoms with Crippen LogP contribution in [0.5, 0.6) is 5.75 Å². The molecule has 1 aliphatic carbocycles. The molecule has 3 rings (SSSR count). The molecule has 0 N–H and O–H groups in total. The third kappa shape index (κ3) is 3.15. The molecule has 0 saturated heterocycles. The third-order valence-corrected chi connectivity index (χ3v) is 4.22. The lowest BCUT2D eigenvalue weighted by molar-refractivity contribution is 0.0983. The largest absolute Gasteiger partial charge is 0.497 e. The summed E-state index contributed by atoms with van der Waals surface area (Å²) < 4.78 is 5.14. The van der Waals surface area contributed by atoms with Crippen LogP contribution in [0.15, 0.2) is 42.5 Å². The Morgan fingerprint density at radius 3 is 2.57 bits per heavy atom. The molecule has 108 valence electrons. The fourth-order valence-electron chi connectivity index (χ4n) is 2.94. The number of carbonyl (C=O) groups excluding carboxylic acids is 1. The van der Waals surface area contributed by atoms with Crippen molar-refractivity contribution in [1.82, 2.24) is 0 Å². The number of hydrogen-bond acceptors (Lipinski definition) is 2. The normalized spacial score (nSPS) is 13.0. The summed E-state index contributed by atoms with van der Waals surface area (Å²) in [7, 11) is 1.66. The van der Waals surface area contributed by atoms with Crippen molar-refractivity contribution in [2.45, 2.75) is 32.1 Å². The van der Waals surface area contributed by atoms with Crippen molar-refractivity contribution in [2.24, 2.45) is 0 Å². The first kappa shape index (κ1) is 13.9. The van der Waals surface area contributed by atoms with Crippen LogP contribution >= 0.6 is 0 Å². The fraction of sp³-hybridized carbons (Fsp3) is 0.316. The first-order valence-electron chi connectivity index (χ1n) is 7.54. The average Bonchev–Trinajstić information content (AvgIpc) is 3.00. The summed E-state index contributed by atoms with van der Waals surface area (Å²) in [5.41, 5.74) is 4.82. The number of ether oxygens (including phenoxy) is 1.